The van der Waals surface area contributed by atoms with Crippen LogP contribution in [0.2, 0.25) is 0 Å². The largest absolute Gasteiger partial charge is 0.359 e. The fourth-order valence-corrected chi connectivity index (χ4v) is 1.75. The molecule has 0 saturated carbocycles. The van der Waals surface area contributed by atoms with Gasteiger partial charge in [0.1, 0.15) is 5.82 Å². The average Bonchev–Trinajstić information content (AvgIpc) is 2.48. The minimum absolute atomic E-state index is 0.551. The normalized spacial score (nSPS) is 9.60. The fraction of sp³-hybridized carbons (Fsp3) is 0.0667. The number of para-hydroxylation sites is 1. The summed E-state index contributed by atoms with van der Waals surface area (Å²) in [6.07, 6.45) is 3.48. The second-order valence-electron chi connectivity index (χ2n) is 4.05. The summed E-state index contributed by atoms with van der Waals surface area (Å²) in [4.78, 5) is 4.33. The van der Waals surface area contributed by atoms with Gasteiger partial charge in [-0.05, 0) is 36.5 Å². The predicted octanol–water partition coefficient (Wildman–Crippen LogP) is 3.30. The van der Waals surface area contributed by atoms with Gasteiger partial charge < -0.3 is 16.0 Å². The zero-order chi connectivity index (χ0) is 14.2. The number of hydrogen-bond donors (Lipinski definition) is 3. The number of nitrogens with one attached hydrogen (secondary N) is 3. The number of hydrogen-bond acceptors (Lipinski definition) is 3. The third-order valence-corrected chi connectivity index (χ3v) is 2.72. The molecule has 1 heterocycles. The summed E-state index contributed by atoms with van der Waals surface area (Å²) >= 11 is 5.13. The fourth-order valence-electron chi connectivity index (χ4n) is 1.55. The molecule has 1 aromatic heterocycles. The first-order valence-corrected chi connectivity index (χ1v) is 6.62. The van der Waals surface area contributed by atoms with Crippen LogP contribution in [0, 0.1) is 0 Å². The highest BCUT2D eigenvalue weighted by Gasteiger charge is 1.98. The highest BCUT2D eigenvalue weighted by molar-refractivity contribution is 7.80. The molecule has 3 N–H and O–H groups in total. The molecule has 2 rings (SSSR count). The van der Waals surface area contributed by atoms with E-state index in [0.29, 0.717) is 11.7 Å². The van der Waals surface area contributed by atoms with Crippen molar-refractivity contribution < 1.29 is 0 Å². The number of rotatable bonds is 5. The standard InChI is InChI=1S/C15H16N4S/c1-2-10-16-15(20)19-13-8-9-14(17-11-13)18-12-6-4-3-5-7-12/h2-9,11H,1,10H2,(H,17,18)(H2,16,19,20). The van der Waals surface area contributed by atoms with E-state index < -0.39 is 0 Å². The maximum absolute atomic E-state index is 5.13. The summed E-state index contributed by atoms with van der Waals surface area (Å²) < 4.78 is 0. The molecule has 0 aliphatic carbocycles. The van der Waals surface area contributed by atoms with Crippen molar-refractivity contribution in [3.8, 4) is 0 Å². The van der Waals surface area contributed by atoms with Gasteiger partial charge in [-0.15, -0.1) is 6.58 Å². The lowest BCUT2D eigenvalue weighted by atomic mass is 10.3. The number of anilines is 3. The summed E-state index contributed by atoms with van der Waals surface area (Å²) in [5.74, 6) is 0.784. The number of thiocarbonyl (C=S) groups is 1. The monoisotopic (exact) mass is 284 g/mol. The Labute approximate surface area is 123 Å². The summed E-state index contributed by atoms with van der Waals surface area (Å²) in [6, 6.07) is 13.7. The molecule has 0 bridgehead atoms. The van der Waals surface area contributed by atoms with Crippen LogP contribution in [0.15, 0.2) is 61.3 Å². The Morgan fingerprint density at radius 1 is 1.15 bits per heavy atom. The molecule has 0 saturated heterocycles. The van der Waals surface area contributed by atoms with Crippen LogP contribution in [0.3, 0.4) is 0 Å². The minimum Gasteiger partial charge on any atom is -0.359 e. The topological polar surface area (TPSA) is 49.0 Å². The smallest absolute Gasteiger partial charge is 0.171 e. The first-order valence-electron chi connectivity index (χ1n) is 6.22. The third kappa shape index (κ3) is 4.37. The Hall–Kier alpha value is -2.40. The van der Waals surface area contributed by atoms with E-state index in [1.807, 2.05) is 42.5 Å². The molecule has 0 spiro atoms. The lowest BCUT2D eigenvalue weighted by molar-refractivity contribution is 1.06. The summed E-state index contributed by atoms with van der Waals surface area (Å²) in [5.41, 5.74) is 1.84. The number of nitrogens with zero attached hydrogens (tertiary/aromatic N) is 1. The third-order valence-electron chi connectivity index (χ3n) is 2.47. The molecule has 0 aliphatic heterocycles. The molecule has 20 heavy (non-hydrogen) atoms. The first kappa shape index (κ1) is 14.0. The van der Waals surface area contributed by atoms with Crippen LogP contribution in [0.4, 0.5) is 17.2 Å². The molecule has 0 fully saturated rings. The van der Waals surface area contributed by atoms with Gasteiger partial charge in [-0.25, -0.2) is 4.98 Å². The molecule has 0 unspecified atom stereocenters. The van der Waals surface area contributed by atoms with Crippen molar-refractivity contribution in [3.05, 3.63) is 61.3 Å². The number of aromatic nitrogens is 1. The van der Waals surface area contributed by atoms with Gasteiger partial charge in [-0.3, -0.25) is 0 Å². The van der Waals surface area contributed by atoms with Crippen molar-refractivity contribution in [2.24, 2.45) is 0 Å². The lowest BCUT2D eigenvalue weighted by Gasteiger charge is -2.10. The number of benzene rings is 1. The lowest BCUT2D eigenvalue weighted by Crippen LogP contribution is -2.28. The van der Waals surface area contributed by atoms with Crippen LogP contribution in [-0.2, 0) is 0 Å². The van der Waals surface area contributed by atoms with E-state index in [1.165, 1.54) is 0 Å². The van der Waals surface area contributed by atoms with Gasteiger partial charge in [0.2, 0.25) is 0 Å². The van der Waals surface area contributed by atoms with Crippen LogP contribution in [0.25, 0.3) is 0 Å². The van der Waals surface area contributed by atoms with E-state index in [1.54, 1.807) is 12.3 Å². The molecule has 5 heteroatoms. The molecular weight excluding hydrogens is 268 g/mol. The first-order chi connectivity index (χ1) is 9.78. The zero-order valence-corrected chi connectivity index (χ0v) is 11.8. The predicted molar refractivity (Wildman–Crippen MR) is 88.4 cm³/mol. The van der Waals surface area contributed by atoms with E-state index in [0.717, 1.165) is 17.2 Å². The van der Waals surface area contributed by atoms with Crippen molar-refractivity contribution in [2.75, 3.05) is 17.2 Å². The van der Waals surface area contributed by atoms with E-state index in [9.17, 15) is 0 Å². The van der Waals surface area contributed by atoms with Crippen molar-refractivity contribution in [3.63, 3.8) is 0 Å². The summed E-state index contributed by atoms with van der Waals surface area (Å²) in [7, 11) is 0. The second-order valence-corrected chi connectivity index (χ2v) is 4.46. The van der Waals surface area contributed by atoms with E-state index >= 15 is 0 Å². The Kier molecular flexibility index (Phi) is 5.08. The van der Waals surface area contributed by atoms with Crippen molar-refractivity contribution >= 4 is 34.5 Å². The van der Waals surface area contributed by atoms with Gasteiger partial charge in [0.05, 0.1) is 11.9 Å². The van der Waals surface area contributed by atoms with E-state index in [-0.39, 0.29) is 0 Å². The van der Waals surface area contributed by atoms with Crippen molar-refractivity contribution in [2.45, 2.75) is 0 Å². The quantitative estimate of drug-likeness (QED) is 0.581. The minimum atomic E-state index is 0.551. The van der Waals surface area contributed by atoms with Crippen LogP contribution < -0.4 is 16.0 Å². The Morgan fingerprint density at radius 2 is 1.95 bits per heavy atom. The number of pyridine rings is 1. The maximum atomic E-state index is 5.13. The van der Waals surface area contributed by atoms with Crippen LogP contribution in [0.1, 0.15) is 0 Å². The molecule has 4 nitrogen and oxygen atoms in total. The Balaban J connectivity index is 1.93. The van der Waals surface area contributed by atoms with E-state index in [4.69, 9.17) is 12.2 Å². The Morgan fingerprint density at radius 3 is 2.60 bits per heavy atom. The maximum Gasteiger partial charge on any atom is 0.171 e. The molecule has 102 valence electrons. The highest BCUT2D eigenvalue weighted by Crippen LogP contribution is 2.15. The SMILES string of the molecule is C=CCNC(=S)Nc1ccc(Nc2ccccc2)nc1. The molecule has 0 aliphatic rings. The summed E-state index contributed by atoms with van der Waals surface area (Å²) in [6.45, 7) is 4.25. The Bertz CT molecular complexity index is 566. The second kappa shape index (κ2) is 7.25. The molecule has 0 amide bonds. The van der Waals surface area contributed by atoms with Gasteiger partial charge in [-0.1, -0.05) is 24.3 Å². The van der Waals surface area contributed by atoms with Gasteiger partial charge in [0, 0.05) is 12.2 Å². The van der Waals surface area contributed by atoms with Gasteiger partial charge in [0.15, 0.2) is 5.11 Å². The van der Waals surface area contributed by atoms with Crippen LogP contribution in [-0.4, -0.2) is 16.6 Å². The zero-order valence-electron chi connectivity index (χ0n) is 11.0. The molecule has 0 radical (unpaired) electrons. The van der Waals surface area contributed by atoms with Gasteiger partial charge in [0.25, 0.3) is 0 Å². The molecule has 2 aromatic rings. The molecular formula is C15H16N4S. The van der Waals surface area contributed by atoms with Crippen molar-refractivity contribution in [1.29, 1.82) is 0 Å². The van der Waals surface area contributed by atoms with Gasteiger partial charge in [-0.2, -0.15) is 0 Å². The highest BCUT2D eigenvalue weighted by atomic mass is 32.1. The van der Waals surface area contributed by atoms with Crippen molar-refractivity contribution in [1.82, 2.24) is 10.3 Å². The molecule has 1 aromatic carbocycles. The summed E-state index contributed by atoms with van der Waals surface area (Å²) in [5, 5.41) is 9.81. The van der Waals surface area contributed by atoms with E-state index in [2.05, 4.69) is 27.5 Å². The van der Waals surface area contributed by atoms with Crippen LogP contribution in [0.5, 0.6) is 0 Å². The molecule has 0 atom stereocenters. The average molecular weight is 284 g/mol. The van der Waals surface area contributed by atoms with Crippen LogP contribution >= 0.6 is 12.2 Å². The van der Waals surface area contributed by atoms with Gasteiger partial charge >= 0.3 is 0 Å².